The van der Waals surface area contributed by atoms with Gasteiger partial charge < -0.3 is 15.8 Å². The average Bonchev–Trinajstić information content (AvgIpc) is 2.85. The molecule has 2 aromatic rings. The van der Waals surface area contributed by atoms with E-state index in [4.69, 9.17) is 10.5 Å². The lowest BCUT2D eigenvalue weighted by molar-refractivity contribution is 0.0620. The zero-order valence-electron chi connectivity index (χ0n) is 13.3. The Balaban J connectivity index is 0.00000192. The van der Waals surface area contributed by atoms with E-state index in [1.54, 1.807) is 6.07 Å². The van der Waals surface area contributed by atoms with Crippen molar-refractivity contribution < 1.29 is 9.53 Å². The number of rotatable bonds is 2. The Morgan fingerprint density at radius 1 is 1.48 bits per heavy atom. The maximum absolute atomic E-state index is 12.5. The van der Waals surface area contributed by atoms with Gasteiger partial charge in [0, 0.05) is 23.4 Å². The van der Waals surface area contributed by atoms with Crippen molar-refractivity contribution in [3.63, 3.8) is 0 Å². The van der Waals surface area contributed by atoms with Crippen LogP contribution in [0.2, 0.25) is 0 Å². The topological polar surface area (TPSA) is 93.0 Å². The van der Waals surface area contributed by atoms with Crippen LogP contribution in [0, 0.1) is 6.92 Å². The first-order chi connectivity index (χ1) is 10.4. The fourth-order valence-electron chi connectivity index (χ4n) is 2.82. The predicted molar refractivity (Wildman–Crippen MR) is 91.0 cm³/mol. The molecule has 23 heavy (non-hydrogen) atoms. The quantitative estimate of drug-likeness (QED) is 0.735. The molecule has 6 nitrogen and oxygen atoms in total. The largest absolute Gasteiger partial charge is 0.487 e. The molecular weight excluding hydrogens is 316 g/mol. The number of nitrogens with one attached hydrogen (secondary N) is 2. The molecule has 7 heteroatoms. The Kier molecular flexibility index (Phi) is 4.56. The van der Waals surface area contributed by atoms with Gasteiger partial charge in [-0.05, 0) is 39.0 Å². The summed E-state index contributed by atoms with van der Waals surface area (Å²) >= 11 is 0. The van der Waals surface area contributed by atoms with E-state index in [0.29, 0.717) is 17.7 Å². The Hall–Kier alpha value is -2.21. The van der Waals surface area contributed by atoms with Gasteiger partial charge >= 0.3 is 0 Å². The SMILES string of the molecule is Cc1[nH]ncc1C(=O)NC1CC(C)(C)Oc2ccc(N)cc21.Cl. The Labute approximate surface area is 141 Å². The molecule has 0 bridgehead atoms. The number of nitrogen functional groups attached to an aromatic ring is 1. The summed E-state index contributed by atoms with van der Waals surface area (Å²) in [5.41, 5.74) is 8.39. The minimum absolute atomic E-state index is 0. The zero-order valence-corrected chi connectivity index (χ0v) is 14.2. The Morgan fingerprint density at radius 2 is 2.22 bits per heavy atom. The first-order valence-corrected chi connectivity index (χ1v) is 7.25. The molecule has 0 saturated heterocycles. The number of hydrogen-bond acceptors (Lipinski definition) is 4. The van der Waals surface area contributed by atoms with E-state index in [9.17, 15) is 4.79 Å². The monoisotopic (exact) mass is 336 g/mol. The molecule has 2 heterocycles. The van der Waals surface area contributed by atoms with Crippen molar-refractivity contribution in [3.8, 4) is 5.75 Å². The number of aromatic nitrogens is 2. The molecule has 0 fully saturated rings. The van der Waals surface area contributed by atoms with Crippen molar-refractivity contribution in [2.24, 2.45) is 0 Å². The molecule has 0 aliphatic carbocycles. The van der Waals surface area contributed by atoms with Crippen molar-refractivity contribution in [2.45, 2.75) is 38.8 Å². The fourth-order valence-corrected chi connectivity index (χ4v) is 2.82. The maximum Gasteiger partial charge on any atom is 0.255 e. The fraction of sp³-hybridized carbons (Fsp3) is 0.375. The molecular formula is C16H21ClN4O2. The van der Waals surface area contributed by atoms with Gasteiger partial charge in [-0.25, -0.2) is 0 Å². The predicted octanol–water partition coefficient (Wildman–Crippen LogP) is 2.75. The summed E-state index contributed by atoms with van der Waals surface area (Å²) in [5.74, 6) is 0.613. The number of ether oxygens (including phenoxy) is 1. The molecule has 1 aromatic heterocycles. The third-order valence-electron chi connectivity index (χ3n) is 3.87. The van der Waals surface area contributed by atoms with Gasteiger partial charge in [0.05, 0.1) is 17.8 Å². The average molecular weight is 337 g/mol. The number of halogens is 1. The van der Waals surface area contributed by atoms with Gasteiger partial charge in [0.1, 0.15) is 11.4 Å². The zero-order chi connectivity index (χ0) is 15.9. The van der Waals surface area contributed by atoms with Crippen LogP contribution in [0.4, 0.5) is 5.69 Å². The van der Waals surface area contributed by atoms with Crippen LogP contribution in [0.25, 0.3) is 0 Å². The molecule has 4 N–H and O–H groups in total. The first-order valence-electron chi connectivity index (χ1n) is 7.25. The van der Waals surface area contributed by atoms with Crippen LogP contribution in [0.5, 0.6) is 5.75 Å². The minimum atomic E-state index is -0.355. The van der Waals surface area contributed by atoms with Crippen LogP contribution in [-0.4, -0.2) is 21.7 Å². The lowest BCUT2D eigenvalue weighted by atomic mass is 9.89. The van der Waals surface area contributed by atoms with Crippen molar-refractivity contribution in [1.29, 1.82) is 0 Å². The van der Waals surface area contributed by atoms with E-state index in [0.717, 1.165) is 17.0 Å². The van der Waals surface area contributed by atoms with Crippen molar-refractivity contribution >= 4 is 24.0 Å². The Morgan fingerprint density at radius 3 is 2.87 bits per heavy atom. The summed E-state index contributed by atoms with van der Waals surface area (Å²) in [6.45, 7) is 5.84. The number of H-pyrrole nitrogens is 1. The van der Waals surface area contributed by atoms with E-state index in [-0.39, 0.29) is 30.0 Å². The van der Waals surface area contributed by atoms with E-state index >= 15 is 0 Å². The number of carbonyl (C=O) groups is 1. The van der Waals surface area contributed by atoms with Gasteiger partial charge in [0.25, 0.3) is 5.91 Å². The van der Waals surface area contributed by atoms with Gasteiger partial charge in [0.2, 0.25) is 0 Å². The highest BCUT2D eigenvalue weighted by Crippen LogP contribution is 2.40. The molecule has 1 aliphatic rings. The van der Waals surface area contributed by atoms with E-state index < -0.39 is 0 Å². The molecule has 3 rings (SSSR count). The number of hydrogen-bond donors (Lipinski definition) is 3. The van der Waals surface area contributed by atoms with E-state index in [1.807, 2.05) is 32.9 Å². The summed E-state index contributed by atoms with van der Waals surface area (Å²) < 4.78 is 5.98. The molecule has 1 atom stereocenters. The van der Waals surface area contributed by atoms with Crippen LogP contribution >= 0.6 is 12.4 Å². The third-order valence-corrected chi connectivity index (χ3v) is 3.87. The van der Waals surface area contributed by atoms with Gasteiger partial charge in [-0.3, -0.25) is 9.89 Å². The normalized spacial score (nSPS) is 18.3. The lowest BCUT2D eigenvalue weighted by Gasteiger charge is -2.38. The number of amides is 1. The van der Waals surface area contributed by atoms with Crippen molar-refractivity contribution in [1.82, 2.24) is 15.5 Å². The summed E-state index contributed by atoms with van der Waals surface area (Å²) in [6.07, 6.45) is 2.21. The van der Waals surface area contributed by atoms with Crippen LogP contribution < -0.4 is 15.8 Å². The number of anilines is 1. The molecule has 124 valence electrons. The standard InChI is InChI=1S/C16H20N4O2.ClH/c1-9-12(8-18-20-9)15(21)19-13-7-16(2,3)22-14-5-4-10(17)6-11(13)14;/h4-6,8,13H,7,17H2,1-3H3,(H,18,20)(H,19,21);1H. The number of aryl methyl sites for hydroxylation is 1. The van der Waals surface area contributed by atoms with E-state index in [2.05, 4.69) is 15.5 Å². The van der Waals surface area contributed by atoms with Gasteiger partial charge in [-0.15, -0.1) is 12.4 Å². The second-order valence-corrected chi connectivity index (χ2v) is 6.30. The number of carbonyl (C=O) groups excluding carboxylic acids is 1. The first kappa shape index (κ1) is 17.1. The molecule has 1 amide bonds. The number of fused-ring (bicyclic) bond motifs is 1. The summed E-state index contributed by atoms with van der Waals surface area (Å²) in [6, 6.07) is 5.37. The highest BCUT2D eigenvalue weighted by molar-refractivity contribution is 5.95. The van der Waals surface area contributed by atoms with E-state index in [1.165, 1.54) is 6.20 Å². The number of benzene rings is 1. The Bertz CT molecular complexity index is 727. The van der Waals surface area contributed by atoms with Gasteiger partial charge in [-0.1, -0.05) is 0 Å². The smallest absolute Gasteiger partial charge is 0.255 e. The summed E-state index contributed by atoms with van der Waals surface area (Å²) in [5, 5.41) is 9.73. The second kappa shape index (κ2) is 6.12. The molecule has 1 aromatic carbocycles. The summed E-state index contributed by atoms with van der Waals surface area (Å²) in [7, 11) is 0. The lowest BCUT2D eigenvalue weighted by Crippen LogP contribution is -2.41. The second-order valence-electron chi connectivity index (χ2n) is 6.30. The highest BCUT2D eigenvalue weighted by Gasteiger charge is 2.35. The molecule has 1 unspecified atom stereocenters. The summed E-state index contributed by atoms with van der Waals surface area (Å²) in [4.78, 5) is 12.5. The van der Waals surface area contributed by atoms with Gasteiger partial charge in [0.15, 0.2) is 0 Å². The van der Waals surface area contributed by atoms with Gasteiger partial charge in [-0.2, -0.15) is 5.10 Å². The van der Waals surface area contributed by atoms with Crippen LogP contribution in [0.1, 0.15) is 47.9 Å². The number of nitrogens with two attached hydrogens (primary N) is 1. The molecule has 1 aliphatic heterocycles. The van der Waals surface area contributed by atoms with Crippen molar-refractivity contribution in [2.75, 3.05) is 5.73 Å². The molecule has 0 radical (unpaired) electrons. The highest BCUT2D eigenvalue weighted by atomic mass is 35.5. The molecule has 0 spiro atoms. The maximum atomic E-state index is 12.5. The van der Waals surface area contributed by atoms with Crippen LogP contribution in [-0.2, 0) is 0 Å². The minimum Gasteiger partial charge on any atom is -0.487 e. The number of aromatic amines is 1. The third kappa shape index (κ3) is 3.42. The van der Waals surface area contributed by atoms with Crippen LogP contribution in [0.3, 0.4) is 0 Å². The van der Waals surface area contributed by atoms with Crippen LogP contribution in [0.15, 0.2) is 24.4 Å². The van der Waals surface area contributed by atoms with Crippen molar-refractivity contribution in [3.05, 3.63) is 41.2 Å². The number of nitrogens with zero attached hydrogens (tertiary/aromatic N) is 1. The molecule has 0 saturated carbocycles.